The van der Waals surface area contributed by atoms with E-state index in [9.17, 15) is 9.66 Å². The van der Waals surface area contributed by atoms with E-state index < -0.39 is 17.7 Å². The maximum absolute atomic E-state index is 13.5. The quantitative estimate of drug-likeness (QED) is 0.763. The molecule has 26 heavy (non-hydrogen) atoms. The van der Waals surface area contributed by atoms with Gasteiger partial charge < -0.3 is 14.4 Å². The maximum atomic E-state index is 13.5. The first kappa shape index (κ1) is 20.2. The van der Waals surface area contributed by atoms with E-state index in [2.05, 4.69) is 16.4 Å². The molecule has 0 spiro atoms. The first-order valence-corrected chi connectivity index (χ1v) is 10.9. The molecule has 4 nitrogen and oxygen atoms in total. The number of ether oxygens (including phenoxy) is 1. The number of hydrogen-bond donors (Lipinski definition) is 1. The first-order chi connectivity index (χ1) is 12.3. The number of aliphatic hydroxyl groups is 1. The summed E-state index contributed by atoms with van der Waals surface area (Å²) in [4.78, 5) is 0. The Kier molecular flexibility index (Phi) is 6.35. The van der Waals surface area contributed by atoms with Crippen LogP contribution in [0.25, 0.3) is 0 Å². The summed E-state index contributed by atoms with van der Waals surface area (Å²) < 4.78 is 21.3. The second kappa shape index (κ2) is 8.19. The van der Waals surface area contributed by atoms with Crippen LogP contribution in [0.5, 0.6) is 0 Å². The van der Waals surface area contributed by atoms with Crippen molar-refractivity contribution in [3.8, 4) is 0 Å². The summed E-state index contributed by atoms with van der Waals surface area (Å²) in [7, 11) is 0. The third-order valence-corrected chi connectivity index (χ3v) is 7.29. The van der Waals surface area contributed by atoms with Crippen molar-refractivity contribution in [3.05, 3.63) is 35.9 Å². The van der Waals surface area contributed by atoms with Gasteiger partial charge in [0.2, 0.25) is 0 Å². The molecule has 0 radical (unpaired) electrons. The monoisotopic (exact) mass is 379 g/mol. The largest absolute Gasteiger partial charge is 0.597 e. The van der Waals surface area contributed by atoms with Gasteiger partial charge >= 0.3 is 0 Å². The highest BCUT2D eigenvalue weighted by atomic mass is 32.2. The Hall–Kier alpha value is -0.590. The fourth-order valence-corrected chi connectivity index (χ4v) is 5.25. The highest BCUT2D eigenvalue weighted by Gasteiger charge is 2.49. The molecule has 0 amide bonds. The Morgan fingerprint density at radius 3 is 2.38 bits per heavy atom. The minimum absolute atomic E-state index is 0.0521. The van der Waals surface area contributed by atoms with Crippen LogP contribution in [-0.2, 0) is 22.6 Å². The zero-order valence-corrected chi connectivity index (χ0v) is 17.2. The summed E-state index contributed by atoms with van der Waals surface area (Å²) in [6.07, 6.45) is 3.42. The Balaban J connectivity index is 1.86. The van der Waals surface area contributed by atoms with Gasteiger partial charge in [-0.15, -0.1) is 4.31 Å². The van der Waals surface area contributed by atoms with Gasteiger partial charge in [0, 0.05) is 17.3 Å². The van der Waals surface area contributed by atoms with E-state index in [0.717, 1.165) is 25.7 Å². The molecule has 2 unspecified atom stereocenters. The van der Waals surface area contributed by atoms with E-state index in [0.29, 0.717) is 12.5 Å². The van der Waals surface area contributed by atoms with Crippen LogP contribution in [0.2, 0.25) is 0 Å². The lowest BCUT2D eigenvalue weighted by Crippen LogP contribution is -2.55. The predicted molar refractivity (Wildman–Crippen MR) is 106 cm³/mol. The summed E-state index contributed by atoms with van der Waals surface area (Å²) >= 11 is -1.14. The normalized spacial score (nSPS) is 29.6. The van der Waals surface area contributed by atoms with Crippen LogP contribution >= 0.6 is 0 Å². The lowest BCUT2D eigenvalue weighted by Gasteiger charge is -2.43. The summed E-state index contributed by atoms with van der Waals surface area (Å²) in [5, 5.41) is 10.3. The molecule has 3 rings (SSSR count). The average Bonchev–Trinajstić information content (AvgIpc) is 3.42. The van der Waals surface area contributed by atoms with Crippen LogP contribution in [0.4, 0.5) is 0 Å². The lowest BCUT2D eigenvalue weighted by molar-refractivity contribution is -0.203. The van der Waals surface area contributed by atoms with Crippen LogP contribution in [0, 0.1) is 11.8 Å². The minimum atomic E-state index is -1.14. The molecule has 1 saturated heterocycles. The molecule has 2 aliphatic rings. The number of aliphatic hydroxyl groups excluding tert-OH is 1. The van der Waals surface area contributed by atoms with Gasteiger partial charge in [-0.25, -0.2) is 0 Å². The zero-order chi connectivity index (χ0) is 18.9. The van der Waals surface area contributed by atoms with Gasteiger partial charge in [-0.2, -0.15) is 0 Å². The highest BCUT2D eigenvalue weighted by molar-refractivity contribution is 7.90. The third kappa shape index (κ3) is 4.82. The van der Waals surface area contributed by atoms with Gasteiger partial charge in [-0.05, 0) is 57.9 Å². The van der Waals surface area contributed by atoms with Crippen molar-refractivity contribution in [2.24, 2.45) is 11.8 Å². The van der Waals surface area contributed by atoms with Crippen LogP contribution < -0.4 is 0 Å². The molecule has 2 fully saturated rings. The van der Waals surface area contributed by atoms with E-state index in [1.807, 2.05) is 45.9 Å². The fraction of sp³-hybridized carbons (Fsp3) is 0.714. The number of rotatable bonds is 6. The molecule has 1 aliphatic heterocycles. The van der Waals surface area contributed by atoms with Gasteiger partial charge in [0.05, 0.1) is 18.7 Å². The van der Waals surface area contributed by atoms with Crippen LogP contribution in [0.1, 0.15) is 58.9 Å². The van der Waals surface area contributed by atoms with E-state index in [1.165, 1.54) is 5.56 Å². The van der Waals surface area contributed by atoms with Crippen molar-refractivity contribution in [3.63, 3.8) is 0 Å². The van der Waals surface area contributed by atoms with Crippen molar-refractivity contribution >= 4 is 11.4 Å². The molecule has 1 aromatic rings. The summed E-state index contributed by atoms with van der Waals surface area (Å²) in [5.74, 6) is 0.678. The van der Waals surface area contributed by atoms with Gasteiger partial charge in [0.25, 0.3) is 0 Å². The molecule has 1 heterocycles. The van der Waals surface area contributed by atoms with E-state index in [1.54, 1.807) is 0 Å². The average molecular weight is 380 g/mol. The zero-order valence-electron chi connectivity index (χ0n) is 16.4. The van der Waals surface area contributed by atoms with Crippen molar-refractivity contribution < 1.29 is 14.4 Å². The highest BCUT2D eigenvalue weighted by Crippen LogP contribution is 2.43. The van der Waals surface area contributed by atoms with Crippen molar-refractivity contribution in [1.82, 2.24) is 4.31 Å². The summed E-state index contributed by atoms with van der Waals surface area (Å²) in [6.45, 7) is 8.77. The molecule has 0 bridgehead atoms. The van der Waals surface area contributed by atoms with Crippen LogP contribution in [0.15, 0.2) is 30.3 Å². The van der Waals surface area contributed by atoms with Crippen LogP contribution in [-0.4, -0.2) is 37.1 Å². The van der Waals surface area contributed by atoms with Gasteiger partial charge in [-0.3, -0.25) is 0 Å². The summed E-state index contributed by atoms with van der Waals surface area (Å²) in [6, 6.07) is 10.3. The van der Waals surface area contributed by atoms with E-state index >= 15 is 0 Å². The molecular weight excluding hydrogens is 346 g/mol. The molecule has 5 atom stereocenters. The minimum Gasteiger partial charge on any atom is -0.597 e. The lowest BCUT2D eigenvalue weighted by atomic mass is 9.92. The molecular formula is C21H33NO3S. The second-order valence-electron chi connectivity index (χ2n) is 8.87. The maximum Gasteiger partial charge on any atom is 0.157 e. The molecule has 1 aliphatic carbocycles. The second-order valence-corrected chi connectivity index (χ2v) is 11.1. The smallest absolute Gasteiger partial charge is 0.157 e. The predicted octanol–water partition coefficient (Wildman–Crippen LogP) is 3.86. The number of benzene rings is 1. The van der Waals surface area contributed by atoms with Crippen LogP contribution in [0.3, 0.4) is 0 Å². The van der Waals surface area contributed by atoms with E-state index in [4.69, 9.17) is 4.74 Å². The van der Waals surface area contributed by atoms with Gasteiger partial charge in [-0.1, -0.05) is 37.3 Å². The van der Waals surface area contributed by atoms with Crippen molar-refractivity contribution in [2.45, 2.75) is 83.1 Å². The van der Waals surface area contributed by atoms with Crippen molar-refractivity contribution in [2.75, 3.05) is 0 Å². The van der Waals surface area contributed by atoms with Crippen molar-refractivity contribution in [1.29, 1.82) is 0 Å². The first-order valence-electron chi connectivity index (χ1n) is 9.83. The number of nitrogens with zero attached hydrogens (tertiary/aromatic N) is 1. The third-order valence-electron chi connectivity index (χ3n) is 5.44. The molecule has 0 aromatic heterocycles. The van der Waals surface area contributed by atoms with E-state index in [-0.39, 0.29) is 22.8 Å². The Labute approximate surface area is 161 Å². The SMILES string of the molecule is CC1CC[C@@H]([C@@H](C2CC2)N(Cc2ccccc2)[S@+]([O-])C(C)(C)C)OC1O. The van der Waals surface area contributed by atoms with Gasteiger partial charge in [0.15, 0.2) is 6.29 Å². The Morgan fingerprint density at radius 1 is 1.19 bits per heavy atom. The molecule has 5 heteroatoms. The standard InChI is InChI=1S/C21H33NO3S/c1-15-10-13-18(25-20(15)23)19(17-11-12-17)22(26(24)21(2,3)4)14-16-8-6-5-7-9-16/h5-9,15,17-20,23H,10-14H2,1-4H3/t15?,18-,19+,20?,26+/m0/s1. The molecule has 1 N–H and O–H groups in total. The number of hydrogen-bond acceptors (Lipinski definition) is 4. The Morgan fingerprint density at radius 2 is 1.85 bits per heavy atom. The molecule has 1 aromatic carbocycles. The topological polar surface area (TPSA) is 55.8 Å². The summed E-state index contributed by atoms with van der Waals surface area (Å²) in [5.41, 5.74) is 1.17. The van der Waals surface area contributed by atoms with Gasteiger partial charge in [0.1, 0.15) is 4.75 Å². The molecule has 146 valence electrons. The Bertz CT molecular complexity index is 572. The fourth-order valence-electron chi connectivity index (χ4n) is 3.75. The molecule has 1 saturated carbocycles.